The lowest BCUT2D eigenvalue weighted by Gasteiger charge is -2.28. The third-order valence-corrected chi connectivity index (χ3v) is 3.17. The SMILES string of the molecule is O=C1CN(C(=O)Cc2ccccc2)c2ccccc2O1. The zero-order chi connectivity index (χ0) is 13.9. The van der Waals surface area contributed by atoms with Crippen LogP contribution in [0.4, 0.5) is 5.69 Å². The van der Waals surface area contributed by atoms with E-state index in [2.05, 4.69) is 0 Å². The van der Waals surface area contributed by atoms with Gasteiger partial charge in [0.1, 0.15) is 6.54 Å². The molecule has 1 amide bonds. The molecular weight excluding hydrogens is 254 g/mol. The molecule has 0 aromatic heterocycles. The van der Waals surface area contributed by atoms with Gasteiger partial charge in [0.25, 0.3) is 0 Å². The lowest BCUT2D eigenvalue weighted by Crippen LogP contribution is -2.41. The van der Waals surface area contributed by atoms with Crippen molar-refractivity contribution in [3.63, 3.8) is 0 Å². The van der Waals surface area contributed by atoms with Crippen LogP contribution in [0, 0.1) is 0 Å². The van der Waals surface area contributed by atoms with E-state index in [1.807, 2.05) is 36.4 Å². The van der Waals surface area contributed by atoms with Crippen LogP contribution in [0.3, 0.4) is 0 Å². The molecule has 3 rings (SSSR count). The lowest BCUT2D eigenvalue weighted by molar-refractivity contribution is -0.135. The van der Waals surface area contributed by atoms with Crippen LogP contribution in [0.5, 0.6) is 5.75 Å². The molecule has 0 aliphatic carbocycles. The van der Waals surface area contributed by atoms with Gasteiger partial charge in [-0.25, -0.2) is 4.79 Å². The maximum absolute atomic E-state index is 12.4. The van der Waals surface area contributed by atoms with Crippen molar-refractivity contribution in [2.75, 3.05) is 11.4 Å². The van der Waals surface area contributed by atoms with E-state index in [0.29, 0.717) is 11.4 Å². The van der Waals surface area contributed by atoms with Gasteiger partial charge in [0.05, 0.1) is 12.1 Å². The van der Waals surface area contributed by atoms with Crippen LogP contribution in [0.15, 0.2) is 54.6 Å². The minimum atomic E-state index is -0.412. The van der Waals surface area contributed by atoms with Crippen LogP contribution < -0.4 is 9.64 Å². The molecule has 4 heteroatoms. The number of para-hydroxylation sites is 2. The second-order valence-corrected chi connectivity index (χ2v) is 4.58. The molecule has 0 unspecified atom stereocenters. The molecule has 2 aromatic carbocycles. The Bertz CT molecular complexity index is 652. The molecule has 1 heterocycles. The number of anilines is 1. The second-order valence-electron chi connectivity index (χ2n) is 4.58. The number of hydrogen-bond donors (Lipinski definition) is 0. The Morgan fingerprint density at radius 1 is 1.05 bits per heavy atom. The lowest BCUT2D eigenvalue weighted by atomic mass is 10.1. The highest BCUT2D eigenvalue weighted by Gasteiger charge is 2.28. The van der Waals surface area contributed by atoms with Crippen molar-refractivity contribution in [1.29, 1.82) is 0 Å². The average Bonchev–Trinajstić information content (AvgIpc) is 2.47. The van der Waals surface area contributed by atoms with Crippen molar-refractivity contribution >= 4 is 17.6 Å². The van der Waals surface area contributed by atoms with Crippen LogP contribution >= 0.6 is 0 Å². The first kappa shape index (κ1) is 12.4. The highest BCUT2D eigenvalue weighted by atomic mass is 16.5. The van der Waals surface area contributed by atoms with E-state index < -0.39 is 5.97 Å². The van der Waals surface area contributed by atoms with E-state index >= 15 is 0 Å². The molecule has 0 atom stereocenters. The minimum absolute atomic E-state index is 0.0390. The molecule has 0 saturated carbocycles. The maximum Gasteiger partial charge on any atom is 0.331 e. The number of amides is 1. The molecule has 1 aliphatic rings. The minimum Gasteiger partial charge on any atom is -0.423 e. The summed E-state index contributed by atoms with van der Waals surface area (Å²) in [5.74, 6) is -0.0874. The van der Waals surface area contributed by atoms with E-state index in [4.69, 9.17) is 4.74 Å². The summed E-state index contributed by atoms with van der Waals surface area (Å²) < 4.78 is 5.13. The van der Waals surface area contributed by atoms with Crippen molar-refractivity contribution in [3.05, 3.63) is 60.2 Å². The summed E-state index contributed by atoms with van der Waals surface area (Å²) in [4.78, 5) is 25.5. The summed E-state index contributed by atoms with van der Waals surface area (Å²) in [6.45, 7) is -0.0390. The number of carbonyl (C=O) groups is 2. The molecule has 0 radical (unpaired) electrons. The Balaban J connectivity index is 1.87. The quantitative estimate of drug-likeness (QED) is 0.619. The van der Waals surface area contributed by atoms with E-state index in [-0.39, 0.29) is 18.9 Å². The highest BCUT2D eigenvalue weighted by Crippen LogP contribution is 2.31. The van der Waals surface area contributed by atoms with Gasteiger partial charge in [0.2, 0.25) is 5.91 Å². The summed E-state index contributed by atoms with van der Waals surface area (Å²) in [5.41, 5.74) is 1.57. The number of carbonyl (C=O) groups excluding carboxylic acids is 2. The molecule has 0 saturated heterocycles. The predicted octanol–water partition coefficient (Wildman–Crippen LogP) is 2.18. The van der Waals surface area contributed by atoms with Crippen LogP contribution in [-0.4, -0.2) is 18.4 Å². The van der Waals surface area contributed by atoms with E-state index in [1.165, 1.54) is 4.90 Å². The highest BCUT2D eigenvalue weighted by molar-refractivity contribution is 6.02. The molecule has 100 valence electrons. The van der Waals surface area contributed by atoms with Crippen molar-refractivity contribution in [3.8, 4) is 5.75 Å². The number of hydrogen-bond acceptors (Lipinski definition) is 3. The Labute approximate surface area is 116 Å². The smallest absolute Gasteiger partial charge is 0.331 e. The van der Waals surface area contributed by atoms with Crippen molar-refractivity contribution in [2.45, 2.75) is 6.42 Å². The van der Waals surface area contributed by atoms with Crippen LogP contribution in [0.1, 0.15) is 5.56 Å². The van der Waals surface area contributed by atoms with E-state index in [9.17, 15) is 9.59 Å². The van der Waals surface area contributed by atoms with Crippen molar-refractivity contribution in [1.82, 2.24) is 0 Å². The van der Waals surface area contributed by atoms with Gasteiger partial charge >= 0.3 is 5.97 Å². The van der Waals surface area contributed by atoms with Gasteiger partial charge in [-0.1, -0.05) is 42.5 Å². The molecule has 2 aromatic rings. The Morgan fingerprint density at radius 3 is 2.55 bits per heavy atom. The molecular formula is C16H13NO3. The summed E-state index contributed by atoms with van der Waals surface area (Å²) in [7, 11) is 0. The topological polar surface area (TPSA) is 46.6 Å². The molecule has 20 heavy (non-hydrogen) atoms. The van der Waals surface area contributed by atoms with E-state index in [0.717, 1.165) is 5.56 Å². The summed E-state index contributed by atoms with van der Waals surface area (Å²) in [6, 6.07) is 16.5. The van der Waals surface area contributed by atoms with Crippen LogP contribution in [0.25, 0.3) is 0 Å². The Hall–Kier alpha value is -2.62. The largest absolute Gasteiger partial charge is 0.423 e. The first-order valence-electron chi connectivity index (χ1n) is 6.38. The second kappa shape index (κ2) is 5.17. The number of benzene rings is 2. The summed E-state index contributed by atoms with van der Waals surface area (Å²) in [5, 5.41) is 0. The van der Waals surface area contributed by atoms with Gasteiger partial charge in [0.15, 0.2) is 5.75 Å². The Morgan fingerprint density at radius 2 is 1.75 bits per heavy atom. The molecule has 4 nitrogen and oxygen atoms in total. The Kier molecular flexibility index (Phi) is 3.21. The zero-order valence-electron chi connectivity index (χ0n) is 10.8. The average molecular weight is 267 g/mol. The van der Waals surface area contributed by atoms with Gasteiger partial charge in [-0.3, -0.25) is 9.69 Å². The van der Waals surface area contributed by atoms with Gasteiger partial charge < -0.3 is 4.74 Å². The monoisotopic (exact) mass is 267 g/mol. The first-order valence-corrected chi connectivity index (χ1v) is 6.38. The molecule has 0 N–H and O–H groups in total. The molecule has 1 aliphatic heterocycles. The third kappa shape index (κ3) is 2.40. The standard InChI is InChI=1S/C16H13NO3/c18-15(10-12-6-2-1-3-7-12)17-11-16(19)20-14-9-5-4-8-13(14)17/h1-9H,10-11H2. The fourth-order valence-electron chi connectivity index (χ4n) is 2.22. The zero-order valence-corrected chi connectivity index (χ0v) is 10.8. The fraction of sp³-hybridized carbons (Fsp3) is 0.125. The van der Waals surface area contributed by atoms with Crippen molar-refractivity contribution in [2.24, 2.45) is 0 Å². The van der Waals surface area contributed by atoms with Gasteiger partial charge in [0, 0.05) is 0 Å². The number of rotatable bonds is 2. The maximum atomic E-state index is 12.4. The fourth-order valence-corrected chi connectivity index (χ4v) is 2.22. The van der Waals surface area contributed by atoms with Gasteiger partial charge in [-0.05, 0) is 17.7 Å². The van der Waals surface area contributed by atoms with E-state index in [1.54, 1.807) is 18.2 Å². The van der Waals surface area contributed by atoms with Crippen LogP contribution in [0.2, 0.25) is 0 Å². The third-order valence-electron chi connectivity index (χ3n) is 3.17. The predicted molar refractivity (Wildman–Crippen MR) is 74.6 cm³/mol. The van der Waals surface area contributed by atoms with Crippen molar-refractivity contribution < 1.29 is 14.3 Å². The van der Waals surface area contributed by atoms with Gasteiger partial charge in [-0.15, -0.1) is 0 Å². The number of nitrogens with zero attached hydrogens (tertiary/aromatic N) is 1. The summed E-state index contributed by atoms with van der Waals surface area (Å²) in [6.07, 6.45) is 0.266. The van der Waals surface area contributed by atoms with Gasteiger partial charge in [-0.2, -0.15) is 0 Å². The summed E-state index contributed by atoms with van der Waals surface area (Å²) >= 11 is 0. The van der Waals surface area contributed by atoms with Crippen LogP contribution in [-0.2, 0) is 16.0 Å². The molecule has 0 fully saturated rings. The number of fused-ring (bicyclic) bond motifs is 1. The molecule has 0 spiro atoms. The normalized spacial score (nSPS) is 13.6. The first-order chi connectivity index (χ1) is 9.74. The molecule has 0 bridgehead atoms. The number of ether oxygens (including phenoxy) is 1. The number of esters is 1.